The van der Waals surface area contributed by atoms with Crippen LogP contribution in [-0.2, 0) is 0 Å². The first kappa shape index (κ1) is 13.1. The summed E-state index contributed by atoms with van der Waals surface area (Å²) in [6, 6.07) is 8.46. The average molecular weight is 298 g/mol. The van der Waals surface area contributed by atoms with Gasteiger partial charge in [0.25, 0.3) is 0 Å². The predicted molar refractivity (Wildman–Crippen MR) is 73.9 cm³/mol. The Kier molecular flexibility index (Phi) is 4.60. The highest BCUT2D eigenvalue weighted by Crippen LogP contribution is 2.25. The summed E-state index contributed by atoms with van der Waals surface area (Å²) in [7, 11) is 0. The molecule has 0 aliphatic heterocycles. The fraction of sp³-hybridized carbons (Fsp3) is 0.571. The second-order valence-corrected chi connectivity index (χ2v) is 5.91. The Labute approximate surface area is 112 Å². The van der Waals surface area contributed by atoms with Gasteiger partial charge in [-0.2, -0.15) is 0 Å². The van der Waals surface area contributed by atoms with Gasteiger partial charge in [-0.15, -0.1) is 0 Å². The van der Waals surface area contributed by atoms with Crippen molar-refractivity contribution in [2.75, 3.05) is 6.54 Å². The number of rotatable bonds is 4. The van der Waals surface area contributed by atoms with Crippen LogP contribution in [0.4, 0.5) is 0 Å². The summed E-state index contributed by atoms with van der Waals surface area (Å²) < 4.78 is 1.02. The van der Waals surface area contributed by atoms with E-state index in [4.69, 9.17) is 0 Å². The molecule has 3 atom stereocenters. The first-order valence-corrected chi connectivity index (χ1v) is 7.13. The van der Waals surface area contributed by atoms with Crippen LogP contribution in [0.25, 0.3) is 0 Å². The third-order valence-corrected chi connectivity index (χ3v) is 4.16. The van der Waals surface area contributed by atoms with Gasteiger partial charge in [-0.1, -0.05) is 41.4 Å². The molecule has 1 aliphatic carbocycles. The molecule has 3 unspecified atom stereocenters. The number of hydrogen-bond acceptors (Lipinski definition) is 2. The predicted octanol–water partition coefficient (Wildman–Crippen LogP) is 3.26. The Balaban J connectivity index is 1.86. The molecule has 17 heavy (non-hydrogen) atoms. The number of benzene rings is 1. The first-order valence-electron chi connectivity index (χ1n) is 6.33. The highest BCUT2D eigenvalue weighted by Gasteiger charge is 2.23. The van der Waals surface area contributed by atoms with E-state index in [9.17, 15) is 5.11 Å². The van der Waals surface area contributed by atoms with Crippen molar-refractivity contribution in [2.24, 2.45) is 5.92 Å². The van der Waals surface area contributed by atoms with Crippen LogP contribution in [0.15, 0.2) is 28.7 Å². The number of nitrogens with one attached hydrogen (secondary N) is 1. The summed E-state index contributed by atoms with van der Waals surface area (Å²) in [5.41, 5.74) is 0.970. The molecule has 94 valence electrons. The lowest BCUT2D eigenvalue weighted by atomic mass is 10.1. The maximum Gasteiger partial charge on any atom is 0.0914 e. The molecule has 0 aromatic heterocycles. The Hall–Kier alpha value is -0.380. The zero-order valence-corrected chi connectivity index (χ0v) is 11.8. The lowest BCUT2D eigenvalue weighted by molar-refractivity contribution is 0.167. The minimum absolute atomic E-state index is 0.416. The summed E-state index contributed by atoms with van der Waals surface area (Å²) in [6.07, 6.45) is 3.45. The van der Waals surface area contributed by atoms with Crippen molar-refractivity contribution in [1.82, 2.24) is 5.32 Å². The lowest BCUT2D eigenvalue weighted by Gasteiger charge is -2.20. The van der Waals surface area contributed by atoms with Crippen molar-refractivity contribution in [3.63, 3.8) is 0 Å². The Morgan fingerprint density at radius 1 is 1.47 bits per heavy atom. The average Bonchev–Trinajstić information content (AvgIpc) is 2.72. The van der Waals surface area contributed by atoms with E-state index >= 15 is 0 Å². The van der Waals surface area contributed by atoms with Gasteiger partial charge in [0, 0.05) is 17.1 Å². The smallest absolute Gasteiger partial charge is 0.0914 e. The van der Waals surface area contributed by atoms with Crippen LogP contribution in [0.3, 0.4) is 0 Å². The maximum absolute atomic E-state index is 10.1. The highest BCUT2D eigenvalue weighted by molar-refractivity contribution is 9.10. The fourth-order valence-corrected chi connectivity index (χ4v) is 2.96. The van der Waals surface area contributed by atoms with E-state index in [2.05, 4.69) is 28.2 Å². The van der Waals surface area contributed by atoms with Crippen molar-refractivity contribution < 1.29 is 5.11 Å². The Morgan fingerprint density at radius 2 is 2.29 bits per heavy atom. The van der Waals surface area contributed by atoms with E-state index in [-0.39, 0.29) is 0 Å². The molecule has 0 saturated heterocycles. The topological polar surface area (TPSA) is 32.3 Å². The standard InChI is InChI=1S/C14H20BrNO/c1-10-4-2-7-13(10)16-9-14(17)11-5-3-6-12(15)8-11/h3,5-6,8,10,13-14,16-17H,2,4,7,9H2,1H3. The van der Waals surface area contributed by atoms with E-state index in [0.717, 1.165) is 16.0 Å². The SMILES string of the molecule is CC1CCCC1NCC(O)c1cccc(Br)c1. The van der Waals surface area contributed by atoms with E-state index in [1.54, 1.807) is 0 Å². The third kappa shape index (κ3) is 3.54. The van der Waals surface area contributed by atoms with Gasteiger partial charge < -0.3 is 10.4 Å². The van der Waals surface area contributed by atoms with E-state index in [1.807, 2.05) is 24.3 Å². The Morgan fingerprint density at radius 3 is 2.94 bits per heavy atom. The van der Waals surface area contributed by atoms with Crippen molar-refractivity contribution in [2.45, 2.75) is 38.3 Å². The monoisotopic (exact) mass is 297 g/mol. The minimum atomic E-state index is -0.416. The van der Waals surface area contributed by atoms with Crippen molar-refractivity contribution in [3.8, 4) is 0 Å². The van der Waals surface area contributed by atoms with E-state index in [0.29, 0.717) is 12.6 Å². The van der Waals surface area contributed by atoms with Gasteiger partial charge >= 0.3 is 0 Å². The normalized spacial score (nSPS) is 26.1. The summed E-state index contributed by atoms with van der Waals surface area (Å²) in [4.78, 5) is 0. The minimum Gasteiger partial charge on any atom is -0.387 e. The molecular formula is C14H20BrNO. The quantitative estimate of drug-likeness (QED) is 0.894. The zero-order valence-electron chi connectivity index (χ0n) is 10.2. The zero-order chi connectivity index (χ0) is 12.3. The van der Waals surface area contributed by atoms with Gasteiger partial charge in [0.1, 0.15) is 0 Å². The van der Waals surface area contributed by atoms with Crippen LogP contribution in [0, 0.1) is 5.92 Å². The summed E-state index contributed by atoms with van der Waals surface area (Å²) in [5, 5.41) is 13.6. The van der Waals surface area contributed by atoms with Crippen LogP contribution in [-0.4, -0.2) is 17.7 Å². The highest BCUT2D eigenvalue weighted by atomic mass is 79.9. The molecular weight excluding hydrogens is 278 g/mol. The number of halogens is 1. The molecule has 1 saturated carbocycles. The van der Waals surface area contributed by atoms with Gasteiger partial charge in [0.2, 0.25) is 0 Å². The molecule has 0 amide bonds. The molecule has 1 fully saturated rings. The molecule has 1 aliphatic rings. The van der Waals surface area contributed by atoms with Crippen LogP contribution in [0.2, 0.25) is 0 Å². The summed E-state index contributed by atoms with van der Waals surface area (Å²) in [6.45, 7) is 2.93. The second kappa shape index (κ2) is 5.98. The van der Waals surface area contributed by atoms with E-state index < -0.39 is 6.10 Å². The van der Waals surface area contributed by atoms with Crippen LogP contribution in [0.1, 0.15) is 37.9 Å². The number of hydrogen-bond donors (Lipinski definition) is 2. The molecule has 0 radical (unpaired) electrons. The molecule has 1 aromatic rings. The van der Waals surface area contributed by atoms with Gasteiger partial charge in [-0.05, 0) is 36.5 Å². The maximum atomic E-state index is 10.1. The molecule has 0 spiro atoms. The summed E-state index contributed by atoms with van der Waals surface area (Å²) >= 11 is 3.43. The van der Waals surface area contributed by atoms with Crippen LogP contribution < -0.4 is 5.32 Å². The van der Waals surface area contributed by atoms with Gasteiger partial charge in [0.05, 0.1) is 6.10 Å². The van der Waals surface area contributed by atoms with Gasteiger partial charge in [-0.25, -0.2) is 0 Å². The Bertz CT molecular complexity index is 369. The van der Waals surface area contributed by atoms with E-state index in [1.165, 1.54) is 19.3 Å². The largest absolute Gasteiger partial charge is 0.387 e. The second-order valence-electron chi connectivity index (χ2n) is 4.99. The molecule has 1 aromatic carbocycles. The first-order chi connectivity index (χ1) is 8.16. The molecule has 0 bridgehead atoms. The number of aliphatic hydroxyl groups is 1. The van der Waals surface area contributed by atoms with Crippen molar-refractivity contribution in [3.05, 3.63) is 34.3 Å². The van der Waals surface area contributed by atoms with Crippen molar-refractivity contribution in [1.29, 1.82) is 0 Å². The van der Waals surface area contributed by atoms with Crippen LogP contribution in [0.5, 0.6) is 0 Å². The number of aliphatic hydroxyl groups excluding tert-OH is 1. The molecule has 3 heteroatoms. The van der Waals surface area contributed by atoms with Gasteiger partial charge in [0.15, 0.2) is 0 Å². The van der Waals surface area contributed by atoms with Gasteiger partial charge in [-0.3, -0.25) is 0 Å². The third-order valence-electron chi connectivity index (χ3n) is 3.67. The molecule has 2 nitrogen and oxygen atoms in total. The molecule has 2 N–H and O–H groups in total. The van der Waals surface area contributed by atoms with Crippen LogP contribution >= 0.6 is 15.9 Å². The lowest BCUT2D eigenvalue weighted by Crippen LogP contribution is -2.34. The fourth-order valence-electron chi connectivity index (χ4n) is 2.54. The molecule has 2 rings (SSSR count). The molecule has 0 heterocycles. The summed E-state index contributed by atoms with van der Waals surface area (Å²) in [5.74, 6) is 0.740. The van der Waals surface area contributed by atoms with Crippen molar-refractivity contribution >= 4 is 15.9 Å².